The predicted octanol–water partition coefficient (Wildman–Crippen LogP) is 2.92. The van der Waals surface area contributed by atoms with Crippen molar-refractivity contribution in [2.75, 3.05) is 0 Å². The number of ether oxygens (including phenoxy) is 1. The van der Waals surface area contributed by atoms with Crippen LogP contribution >= 0.6 is 0 Å². The Morgan fingerprint density at radius 1 is 0.871 bits per heavy atom. The summed E-state index contributed by atoms with van der Waals surface area (Å²) in [4.78, 5) is 24.7. The van der Waals surface area contributed by atoms with E-state index in [-0.39, 0.29) is 41.4 Å². The minimum Gasteiger partial charge on any atom is -0.481 e. The molecule has 31 heavy (non-hydrogen) atoms. The van der Waals surface area contributed by atoms with Crippen molar-refractivity contribution in [1.82, 2.24) is 0 Å². The third-order valence-electron chi connectivity index (χ3n) is 10.5. The third-order valence-corrected chi connectivity index (χ3v) is 10.5. The molecule has 2 aromatic rings. The summed E-state index contributed by atoms with van der Waals surface area (Å²) in [6.07, 6.45) is 0.301. The van der Waals surface area contributed by atoms with E-state index in [9.17, 15) is 19.8 Å². The van der Waals surface area contributed by atoms with Gasteiger partial charge in [0.2, 0.25) is 0 Å². The van der Waals surface area contributed by atoms with Crippen molar-refractivity contribution in [3.8, 4) is 11.5 Å². The molecule has 0 amide bonds. The molecule has 6 heteroatoms. The fraction of sp³-hybridized carbons (Fsp3) is 0.440. The van der Waals surface area contributed by atoms with Gasteiger partial charge in [0.1, 0.15) is 17.0 Å². The molecule has 6 fully saturated rings. The second kappa shape index (κ2) is 4.51. The van der Waals surface area contributed by atoms with Gasteiger partial charge >= 0.3 is 11.9 Å². The van der Waals surface area contributed by atoms with Crippen LogP contribution in [0.3, 0.4) is 0 Å². The number of carboxylic acids is 2. The maximum Gasteiger partial charge on any atom is 0.324 e. The molecule has 4 N–H and O–H groups in total. The highest BCUT2D eigenvalue weighted by Crippen LogP contribution is 3.11. The highest BCUT2D eigenvalue weighted by atomic mass is 16.5. The largest absolute Gasteiger partial charge is 0.481 e. The van der Waals surface area contributed by atoms with Crippen molar-refractivity contribution in [3.63, 3.8) is 0 Å². The normalized spacial score (nSPS) is 44.9. The first-order chi connectivity index (χ1) is 14.9. The SMILES string of the molecule is NC(CC1c2ccccc2Oc2ccccc21)(C(=O)O)C12C3C4C1C1C2C3C41C(=O)O. The average molecular weight is 415 g/mol. The fourth-order valence-electron chi connectivity index (χ4n) is 9.85. The number of rotatable bonds is 5. The van der Waals surface area contributed by atoms with Gasteiger partial charge in [0.25, 0.3) is 0 Å². The van der Waals surface area contributed by atoms with Crippen LogP contribution in [-0.2, 0) is 9.59 Å². The van der Waals surface area contributed by atoms with Crippen molar-refractivity contribution >= 4 is 11.9 Å². The lowest BCUT2D eigenvalue weighted by atomic mass is 8.90. The Balaban J connectivity index is 1.22. The van der Waals surface area contributed by atoms with Crippen LogP contribution in [0.2, 0.25) is 0 Å². The lowest BCUT2D eigenvalue weighted by Gasteiger charge is -3.11. The molecule has 6 saturated carbocycles. The average Bonchev–Trinajstić information content (AvgIpc) is 2.78. The summed E-state index contributed by atoms with van der Waals surface area (Å²) in [5.41, 5.74) is 6.53. The second-order valence-corrected chi connectivity index (χ2v) is 10.5. The van der Waals surface area contributed by atoms with Crippen molar-refractivity contribution < 1.29 is 24.5 Å². The number of benzene rings is 2. The zero-order valence-corrected chi connectivity index (χ0v) is 16.6. The summed E-state index contributed by atoms with van der Waals surface area (Å²) < 4.78 is 6.09. The van der Waals surface area contributed by atoms with Crippen LogP contribution in [0.25, 0.3) is 0 Å². The van der Waals surface area contributed by atoms with Crippen molar-refractivity contribution in [3.05, 3.63) is 59.7 Å². The molecular weight excluding hydrogens is 394 g/mol. The molecule has 0 bridgehead atoms. The van der Waals surface area contributed by atoms with Gasteiger partial charge in [-0.05, 0) is 54.1 Å². The number of hydrogen-bond donors (Lipinski definition) is 3. The second-order valence-electron chi connectivity index (χ2n) is 10.5. The van der Waals surface area contributed by atoms with Crippen LogP contribution < -0.4 is 10.5 Å². The van der Waals surface area contributed by atoms with Crippen LogP contribution in [0.1, 0.15) is 23.5 Å². The Morgan fingerprint density at radius 3 is 1.81 bits per heavy atom. The summed E-state index contributed by atoms with van der Waals surface area (Å²) in [7, 11) is 0. The van der Waals surface area contributed by atoms with Gasteiger partial charge in [-0.2, -0.15) is 0 Å². The molecule has 6 nitrogen and oxygen atoms in total. The van der Waals surface area contributed by atoms with Gasteiger partial charge in [-0.1, -0.05) is 36.4 Å². The van der Waals surface area contributed by atoms with E-state index in [1.807, 2.05) is 48.5 Å². The van der Waals surface area contributed by atoms with E-state index in [0.29, 0.717) is 6.42 Å². The van der Waals surface area contributed by atoms with E-state index in [2.05, 4.69) is 0 Å². The number of nitrogens with two attached hydrogens (primary N) is 1. The molecule has 0 radical (unpaired) electrons. The van der Waals surface area contributed by atoms with Crippen molar-refractivity contribution in [2.45, 2.75) is 17.9 Å². The topological polar surface area (TPSA) is 110 Å². The number of fused-ring (bicyclic) bond motifs is 2. The molecule has 0 saturated heterocycles. The standard InChI is InChI=1S/C25H21NO5/c26-23(21(27)28,25-18-15-19(25)17-20(25)16(18)24(15,17)22(29)30)9-12-10-5-1-3-7-13(10)31-14-8-4-2-6-11(12)14/h1-8,12,15-20H,9,26H2,(H,27,28)(H,29,30). The van der Waals surface area contributed by atoms with E-state index < -0.39 is 28.3 Å². The van der Waals surface area contributed by atoms with Gasteiger partial charge in [-0.25, -0.2) is 0 Å². The number of aliphatic carboxylic acids is 2. The minimum atomic E-state index is -1.37. The van der Waals surface area contributed by atoms with Crippen molar-refractivity contribution in [2.24, 2.45) is 52.1 Å². The summed E-state index contributed by atoms with van der Waals surface area (Å²) >= 11 is 0. The number of carboxylic acid groups (broad SMARTS) is 2. The highest BCUT2D eigenvalue weighted by Gasteiger charge is 3.13. The molecule has 9 rings (SSSR count). The van der Waals surface area contributed by atoms with E-state index in [0.717, 1.165) is 22.6 Å². The minimum absolute atomic E-state index is 0.154. The Kier molecular flexibility index (Phi) is 2.44. The molecular formula is C25H21NO5. The highest BCUT2D eigenvalue weighted by molar-refractivity contribution is 5.91. The summed E-state index contributed by atoms with van der Waals surface area (Å²) in [5.74, 6) is 0.695. The lowest BCUT2D eigenvalue weighted by molar-refractivity contribution is -0.652. The Labute approximate surface area is 178 Å². The Morgan fingerprint density at radius 2 is 1.35 bits per heavy atom. The van der Waals surface area contributed by atoms with Gasteiger partial charge in [0, 0.05) is 22.5 Å². The monoisotopic (exact) mass is 415 g/mol. The van der Waals surface area contributed by atoms with Crippen LogP contribution in [0.5, 0.6) is 11.5 Å². The van der Waals surface area contributed by atoms with Crippen molar-refractivity contribution in [1.29, 1.82) is 0 Å². The van der Waals surface area contributed by atoms with Crippen LogP contribution in [0.15, 0.2) is 48.5 Å². The number of para-hydroxylation sites is 2. The molecule has 6 aliphatic carbocycles. The van der Waals surface area contributed by atoms with Gasteiger partial charge in [0.05, 0.1) is 5.41 Å². The molecule has 0 aromatic heterocycles. The molecule has 1 atom stereocenters. The molecule has 1 heterocycles. The van der Waals surface area contributed by atoms with Gasteiger partial charge in [0.15, 0.2) is 0 Å². The van der Waals surface area contributed by atoms with E-state index in [1.54, 1.807) is 0 Å². The van der Waals surface area contributed by atoms with Crippen LogP contribution in [-0.4, -0.2) is 27.7 Å². The maximum absolute atomic E-state index is 12.8. The van der Waals surface area contributed by atoms with Gasteiger partial charge < -0.3 is 20.7 Å². The van der Waals surface area contributed by atoms with Gasteiger partial charge in [-0.3, -0.25) is 9.59 Å². The maximum atomic E-state index is 12.8. The lowest BCUT2D eigenvalue weighted by Crippen LogP contribution is -3.14. The quantitative estimate of drug-likeness (QED) is 0.693. The number of carbonyl (C=O) groups is 2. The van der Waals surface area contributed by atoms with Gasteiger partial charge in [-0.15, -0.1) is 0 Å². The molecule has 2 aromatic carbocycles. The smallest absolute Gasteiger partial charge is 0.324 e. The third kappa shape index (κ3) is 1.25. The van der Waals surface area contributed by atoms with Crippen LogP contribution in [0.4, 0.5) is 0 Å². The molecule has 1 aliphatic heterocycles. The number of hydrogen-bond acceptors (Lipinski definition) is 4. The fourth-order valence-corrected chi connectivity index (χ4v) is 9.85. The summed E-state index contributed by atoms with van der Waals surface area (Å²) in [5, 5.41) is 20.2. The zero-order valence-electron chi connectivity index (χ0n) is 16.6. The summed E-state index contributed by atoms with van der Waals surface area (Å²) in [6.45, 7) is 0. The first kappa shape index (κ1) is 16.8. The molecule has 156 valence electrons. The summed E-state index contributed by atoms with van der Waals surface area (Å²) in [6, 6.07) is 15.6. The first-order valence-electron chi connectivity index (χ1n) is 11.0. The van der Waals surface area contributed by atoms with E-state index >= 15 is 0 Å². The molecule has 0 spiro atoms. The molecule has 1 unspecified atom stereocenters. The predicted molar refractivity (Wildman–Crippen MR) is 107 cm³/mol. The Bertz CT molecular complexity index is 1150. The zero-order chi connectivity index (χ0) is 21.1. The van der Waals surface area contributed by atoms with Crippen LogP contribution in [0, 0.1) is 46.3 Å². The Hall–Kier alpha value is -2.86. The first-order valence-corrected chi connectivity index (χ1v) is 11.0. The van der Waals surface area contributed by atoms with E-state index in [1.165, 1.54) is 0 Å². The van der Waals surface area contributed by atoms with E-state index in [4.69, 9.17) is 10.5 Å². The molecule has 7 aliphatic rings.